The number of halogens is 3. The second kappa shape index (κ2) is 12.7. The fourth-order valence-corrected chi connectivity index (χ4v) is 0.334. The maximum absolute atomic E-state index is 10.1. The molecule has 11 heavy (non-hydrogen) atoms. The zero-order valence-electron chi connectivity index (χ0n) is 5.90. The second-order valence-electron chi connectivity index (χ2n) is 1.48. The molecule has 70 valence electrons. The lowest BCUT2D eigenvalue weighted by atomic mass is 10.2. The Morgan fingerprint density at radius 3 is 1.64 bits per heavy atom. The Morgan fingerprint density at radius 1 is 1.18 bits per heavy atom. The van der Waals surface area contributed by atoms with E-state index in [0.29, 0.717) is 6.42 Å². The van der Waals surface area contributed by atoms with Crippen molar-refractivity contribution in [2.75, 3.05) is 0 Å². The Balaban J connectivity index is -0.0000000817. The van der Waals surface area contributed by atoms with E-state index in [9.17, 15) is 9.59 Å². The molecule has 0 atom stereocenters. The van der Waals surface area contributed by atoms with Gasteiger partial charge in [-0.25, -0.2) is 4.79 Å². The van der Waals surface area contributed by atoms with Crippen molar-refractivity contribution in [3.05, 3.63) is 0 Å². The van der Waals surface area contributed by atoms with Gasteiger partial charge in [-0.15, -0.1) is 37.2 Å². The van der Waals surface area contributed by atoms with E-state index in [2.05, 4.69) is 0 Å². The number of Topliss-reactive ketones (excluding diaryl/α,β-unsaturated/α-hetero) is 1. The number of aliphatic carboxylic acids is 1. The van der Waals surface area contributed by atoms with Crippen LogP contribution in [-0.2, 0) is 9.59 Å². The lowest BCUT2D eigenvalue weighted by Gasteiger charge is -1.85. The van der Waals surface area contributed by atoms with Crippen molar-refractivity contribution < 1.29 is 14.7 Å². The van der Waals surface area contributed by atoms with Crippen LogP contribution in [0.15, 0.2) is 0 Å². The largest absolute Gasteiger partial charge is 0.476 e. The van der Waals surface area contributed by atoms with Gasteiger partial charge >= 0.3 is 5.97 Å². The fourth-order valence-electron chi connectivity index (χ4n) is 0.334. The molecule has 1 N–H and O–H groups in total. The standard InChI is InChI=1S/C5H8O3.3ClH/c1-2-3-4(6)5(7)8;;;/h2-3H2,1H3,(H,7,8);3*1H. The molecule has 0 aromatic rings. The Hall–Kier alpha value is 0.01000. The van der Waals surface area contributed by atoms with E-state index in [1.165, 1.54) is 0 Å². The van der Waals surface area contributed by atoms with Gasteiger partial charge in [0.1, 0.15) is 0 Å². The van der Waals surface area contributed by atoms with E-state index >= 15 is 0 Å². The number of carbonyl (C=O) groups excluding carboxylic acids is 1. The monoisotopic (exact) mass is 224 g/mol. The molecule has 6 heteroatoms. The third-order valence-electron chi connectivity index (χ3n) is 0.716. The van der Waals surface area contributed by atoms with Gasteiger partial charge in [0.05, 0.1) is 0 Å². The minimum atomic E-state index is -1.33. The van der Waals surface area contributed by atoms with Crippen LogP contribution < -0.4 is 0 Å². The Kier molecular flexibility index (Phi) is 25.8. The minimum Gasteiger partial charge on any atom is -0.476 e. The topological polar surface area (TPSA) is 54.4 Å². The lowest BCUT2D eigenvalue weighted by Crippen LogP contribution is -2.10. The van der Waals surface area contributed by atoms with Crippen LogP contribution in [-0.4, -0.2) is 16.9 Å². The molecule has 0 spiro atoms. The van der Waals surface area contributed by atoms with Gasteiger partial charge in [0.15, 0.2) is 0 Å². The normalized spacial score (nSPS) is 6.27. The highest BCUT2D eigenvalue weighted by molar-refractivity contribution is 6.32. The summed E-state index contributed by atoms with van der Waals surface area (Å²) in [4.78, 5) is 19.9. The Morgan fingerprint density at radius 2 is 1.55 bits per heavy atom. The first-order valence-electron chi connectivity index (χ1n) is 2.44. The van der Waals surface area contributed by atoms with Gasteiger partial charge in [-0.05, 0) is 6.42 Å². The van der Waals surface area contributed by atoms with Crippen molar-refractivity contribution in [3.63, 3.8) is 0 Å². The Labute approximate surface area is 83.8 Å². The molecule has 0 bridgehead atoms. The molecule has 0 aliphatic heterocycles. The van der Waals surface area contributed by atoms with Gasteiger partial charge in [-0.1, -0.05) is 6.92 Å². The predicted molar refractivity (Wildman–Crippen MR) is 49.3 cm³/mol. The first-order chi connectivity index (χ1) is 3.68. The molecule has 3 nitrogen and oxygen atoms in total. The van der Waals surface area contributed by atoms with E-state index in [1.807, 2.05) is 0 Å². The summed E-state index contributed by atoms with van der Waals surface area (Å²) < 4.78 is 0. The smallest absolute Gasteiger partial charge is 0.372 e. The maximum Gasteiger partial charge on any atom is 0.372 e. The van der Waals surface area contributed by atoms with Crippen molar-refractivity contribution in [2.45, 2.75) is 19.8 Å². The zero-order chi connectivity index (χ0) is 6.57. The molecule has 0 unspecified atom stereocenters. The summed E-state index contributed by atoms with van der Waals surface area (Å²) in [5.74, 6) is -2.03. The minimum absolute atomic E-state index is 0. The number of hydrogen-bond acceptors (Lipinski definition) is 2. The molecule has 0 amide bonds. The van der Waals surface area contributed by atoms with Crippen LogP contribution in [0.25, 0.3) is 0 Å². The SMILES string of the molecule is CCCC(=O)C(=O)O.Cl.Cl.Cl. The van der Waals surface area contributed by atoms with Crippen molar-refractivity contribution in [1.29, 1.82) is 0 Å². The average molecular weight is 225 g/mol. The number of rotatable bonds is 3. The molecule has 0 aliphatic rings. The molecule has 0 aromatic carbocycles. The third-order valence-corrected chi connectivity index (χ3v) is 0.716. The van der Waals surface area contributed by atoms with E-state index in [1.54, 1.807) is 6.92 Å². The molecule has 0 saturated carbocycles. The number of carbonyl (C=O) groups is 2. The van der Waals surface area contributed by atoms with Crippen molar-refractivity contribution in [2.24, 2.45) is 0 Å². The van der Waals surface area contributed by atoms with Crippen LogP contribution in [0, 0.1) is 0 Å². The van der Waals surface area contributed by atoms with Gasteiger partial charge in [-0.2, -0.15) is 0 Å². The third kappa shape index (κ3) is 13.1. The van der Waals surface area contributed by atoms with Crippen LogP contribution in [0.2, 0.25) is 0 Å². The summed E-state index contributed by atoms with van der Waals surface area (Å²) in [7, 11) is 0. The zero-order valence-corrected chi connectivity index (χ0v) is 8.35. The van der Waals surface area contributed by atoms with E-state index in [4.69, 9.17) is 5.11 Å². The molecule has 0 aromatic heterocycles. The summed E-state index contributed by atoms with van der Waals surface area (Å²) in [6, 6.07) is 0. The maximum atomic E-state index is 10.1. The van der Waals surface area contributed by atoms with Crippen LogP contribution in [0.5, 0.6) is 0 Å². The van der Waals surface area contributed by atoms with Gasteiger partial charge in [0.2, 0.25) is 5.78 Å². The molecule has 0 saturated heterocycles. The van der Waals surface area contributed by atoms with Crippen molar-refractivity contribution in [1.82, 2.24) is 0 Å². The molecular formula is C5H11Cl3O3. The predicted octanol–water partition coefficient (Wildman–Crippen LogP) is 1.71. The average Bonchev–Trinajstić information content (AvgIpc) is 1.67. The van der Waals surface area contributed by atoms with Crippen LogP contribution in [0.3, 0.4) is 0 Å². The van der Waals surface area contributed by atoms with Gasteiger partial charge < -0.3 is 5.11 Å². The van der Waals surface area contributed by atoms with E-state index < -0.39 is 11.8 Å². The highest BCUT2D eigenvalue weighted by Gasteiger charge is 2.07. The van der Waals surface area contributed by atoms with Gasteiger partial charge in [-0.3, -0.25) is 4.79 Å². The summed E-state index contributed by atoms with van der Waals surface area (Å²) in [6.07, 6.45) is 0.750. The first kappa shape index (κ1) is 22.5. The summed E-state index contributed by atoms with van der Waals surface area (Å²) in [6.45, 7) is 1.76. The summed E-state index contributed by atoms with van der Waals surface area (Å²) >= 11 is 0. The lowest BCUT2D eigenvalue weighted by molar-refractivity contribution is -0.149. The number of carboxylic acid groups (broad SMARTS) is 1. The molecule has 0 rings (SSSR count). The molecule has 0 aliphatic carbocycles. The fraction of sp³-hybridized carbons (Fsp3) is 0.600. The summed E-state index contributed by atoms with van der Waals surface area (Å²) in [5.41, 5.74) is 0. The van der Waals surface area contributed by atoms with Crippen LogP contribution >= 0.6 is 37.2 Å². The molecule has 0 fully saturated rings. The van der Waals surface area contributed by atoms with Gasteiger partial charge in [0.25, 0.3) is 0 Å². The molecule has 0 radical (unpaired) electrons. The van der Waals surface area contributed by atoms with Crippen molar-refractivity contribution >= 4 is 49.0 Å². The van der Waals surface area contributed by atoms with Crippen LogP contribution in [0.4, 0.5) is 0 Å². The number of carboxylic acids is 1. The Bertz CT molecular complexity index is 116. The summed E-state index contributed by atoms with van der Waals surface area (Å²) in [5, 5.41) is 7.96. The quantitative estimate of drug-likeness (QED) is 0.744. The number of ketones is 1. The van der Waals surface area contributed by atoms with E-state index in [-0.39, 0.29) is 43.6 Å². The highest BCUT2D eigenvalue weighted by Crippen LogP contribution is 1.87. The van der Waals surface area contributed by atoms with Crippen molar-refractivity contribution in [3.8, 4) is 0 Å². The van der Waals surface area contributed by atoms with Crippen LogP contribution in [0.1, 0.15) is 19.8 Å². The van der Waals surface area contributed by atoms with Gasteiger partial charge in [0, 0.05) is 6.42 Å². The first-order valence-corrected chi connectivity index (χ1v) is 2.44. The molecule has 0 heterocycles. The van der Waals surface area contributed by atoms with E-state index in [0.717, 1.165) is 0 Å². The molecular weight excluding hydrogens is 214 g/mol. The number of hydrogen-bond donors (Lipinski definition) is 1. The highest BCUT2D eigenvalue weighted by atomic mass is 35.5. The second-order valence-corrected chi connectivity index (χ2v) is 1.48.